The normalized spacial score (nSPS) is 11.0. The average Bonchev–Trinajstić information content (AvgIpc) is 1.59. The predicted molar refractivity (Wildman–Crippen MR) is 27.0 cm³/mol. The van der Waals surface area contributed by atoms with E-state index in [0.29, 0.717) is 0 Å². The molecule has 0 spiro atoms. The maximum absolute atomic E-state index is 9.82. The second-order valence-corrected chi connectivity index (χ2v) is 1.49. The highest BCUT2D eigenvalue weighted by atomic mass is 16.7. The number of carbonyl (C=O) groups is 1. The Morgan fingerprint density at radius 1 is 1.56 bits per heavy atom. The summed E-state index contributed by atoms with van der Waals surface area (Å²) in [4.78, 5) is 9.82. The van der Waals surface area contributed by atoms with Crippen molar-refractivity contribution in [3.05, 3.63) is 0 Å². The molecule has 0 fully saturated rings. The summed E-state index contributed by atoms with van der Waals surface area (Å²) in [6, 6.07) is -0.934. The fourth-order valence-electron chi connectivity index (χ4n) is 0.206. The third kappa shape index (κ3) is 7.15. The lowest BCUT2D eigenvalue weighted by molar-refractivity contribution is -0.305. The second-order valence-electron chi connectivity index (χ2n) is 1.49. The summed E-state index contributed by atoms with van der Waals surface area (Å²) in [6.45, 7) is -0.706. The third-order valence-corrected chi connectivity index (χ3v) is 0.500. The molecule has 0 heterocycles. The summed E-state index contributed by atoms with van der Waals surface area (Å²) in [6.07, 6.45) is 0. The first kappa shape index (κ1) is 8.15. The van der Waals surface area contributed by atoms with Gasteiger partial charge in [0, 0.05) is 0 Å². The molecule has 0 aromatic carbocycles. The molecule has 0 bridgehead atoms. The summed E-state index contributed by atoms with van der Waals surface area (Å²) in [5.41, 5.74) is 4.52. The van der Waals surface area contributed by atoms with E-state index in [1.54, 1.807) is 5.32 Å². The Hall–Kier alpha value is -0.850. The lowest BCUT2D eigenvalue weighted by Crippen LogP contribution is -2.44. The van der Waals surface area contributed by atoms with Gasteiger partial charge in [-0.2, -0.15) is 0 Å². The standard InChI is InChI=1S/C3H8N2O4/c4-2(6)5-1-3(7,8)9/h7-9H,1H2,(H3,4,5,6). The number of nitrogens with two attached hydrogens (primary N) is 1. The van der Waals surface area contributed by atoms with Crippen LogP contribution < -0.4 is 11.1 Å². The highest BCUT2D eigenvalue weighted by molar-refractivity contribution is 5.71. The van der Waals surface area contributed by atoms with Crippen LogP contribution in [-0.2, 0) is 0 Å². The first-order chi connectivity index (χ1) is 3.92. The molecule has 54 valence electrons. The molecule has 0 rings (SSSR count). The van der Waals surface area contributed by atoms with Gasteiger partial charge in [0.25, 0.3) is 5.97 Å². The molecule has 0 aromatic rings. The summed E-state index contributed by atoms with van der Waals surface area (Å²) in [5.74, 6) is -2.88. The lowest BCUT2D eigenvalue weighted by atomic mass is 10.5. The number of primary amides is 1. The summed E-state index contributed by atoms with van der Waals surface area (Å²) < 4.78 is 0. The van der Waals surface area contributed by atoms with Crippen LogP contribution in [0.1, 0.15) is 0 Å². The van der Waals surface area contributed by atoms with Crippen molar-refractivity contribution < 1.29 is 20.1 Å². The molecule has 6 N–H and O–H groups in total. The minimum atomic E-state index is -2.88. The number of nitrogens with one attached hydrogen (secondary N) is 1. The van der Waals surface area contributed by atoms with E-state index >= 15 is 0 Å². The van der Waals surface area contributed by atoms with Gasteiger partial charge in [0.2, 0.25) is 0 Å². The van der Waals surface area contributed by atoms with E-state index in [9.17, 15) is 4.79 Å². The van der Waals surface area contributed by atoms with Gasteiger partial charge in [-0.15, -0.1) is 0 Å². The zero-order valence-electron chi connectivity index (χ0n) is 4.53. The quantitative estimate of drug-likeness (QED) is 0.265. The summed E-state index contributed by atoms with van der Waals surface area (Å²) >= 11 is 0. The van der Waals surface area contributed by atoms with Gasteiger partial charge in [0.1, 0.15) is 6.54 Å². The third-order valence-electron chi connectivity index (χ3n) is 0.500. The molecule has 0 aromatic heterocycles. The zero-order valence-corrected chi connectivity index (χ0v) is 4.53. The van der Waals surface area contributed by atoms with Gasteiger partial charge in [0.05, 0.1) is 0 Å². The van der Waals surface area contributed by atoms with Crippen molar-refractivity contribution in [1.82, 2.24) is 5.32 Å². The van der Waals surface area contributed by atoms with Crippen LogP contribution in [0.2, 0.25) is 0 Å². The van der Waals surface area contributed by atoms with Crippen molar-refractivity contribution in [2.24, 2.45) is 5.73 Å². The van der Waals surface area contributed by atoms with E-state index in [1.165, 1.54) is 0 Å². The maximum Gasteiger partial charge on any atom is 0.312 e. The Balaban J connectivity index is 3.39. The number of hydrogen-bond acceptors (Lipinski definition) is 4. The molecule has 6 heteroatoms. The predicted octanol–water partition coefficient (Wildman–Crippen LogP) is -2.71. The molecule has 0 saturated heterocycles. The van der Waals surface area contributed by atoms with E-state index in [1.807, 2.05) is 0 Å². The highest BCUT2D eigenvalue weighted by Gasteiger charge is 2.17. The second kappa shape index (κ2) is 2.62. The lowest BCUT2D eigenvalue weighted by Gasteiger charge is -2.12. The first-order valence-electron chi connectivity index (χ1n) is 2.12. The molecule has 0 aliphatic heterocycles. The molecule has 0 saturated carbocycles. The topological polar surface area (TPSA) is 116 Å². The molecular formula is C3H8N2O4. The Kier molecular flexibility index (Phi) is 2.38. The molecule has 0 atom stereocenters. The number of aliphatic hydroxyl groups is 3. The van der Waals surface area contributed by atoms with Crippen LogP contribution >= 0.6 is 0 Å². The Labute approximate surface area is 50.9 Å². The molecule has 0 aliphatic carbocycles. The van der Waals surface area contributed by atoms with Crippen LogP contribution in [-0.4, -0.2) is 33.9 Å². The van der Waals surface area contributed by atoms with Gasteiger partial charge in [-0.05, 0) is 0 Å². The Morgan fingerprint density at radius 3 is 2.11 bits per heavy atom. The average molecular weight is 136 g/mol. The van der Waals surface area contributed by atoms with E-state index in [-0.39, 0.29) is 0 Å². The maximum atomic E-state index is 9.82. The van der Waals surface area contributed by atoms with Crippen LogP contribution in [0.3, 0.4) is 0 Å². The Morgan fingerprint density at radius 2 is 2.00 bits per heavy atom. The van der Waals surface area contributed by atoms with E-state index in [2.05, 4.69) is 5.73 Å². The van der Waals surface area contributed by atoms with E-state index < -0.39 is 18.5 Å². The largest absolute Gasteiger partial charge is 0.352 e. The van der Waals surface area contributed by atoms with Crippen LogP contribution in [0.4, 0.5) is 4.79 Å². The fourth-order valence-corrected chi connectivity index (χ4v) is 0.206. The van der Waals surface area contributed by atoms with Gasteiger partial charge >= 0.3 is 6.03 Å². The van der Waals surface area contributed by atoms with Crippen molar-refractivity contribution in [2.75, 3.05) is 6.54 Å². The molecule has 0 unspecified atom stereocenters. The van der Waals surface area contributed by atoms with Gasteiger partial charge in [-0.25, -0.2) is 4.79 Å². The van der Waals surface area contributed by atoms with Crippen LogP contribution in [0.25, 0.3) is 0 Å². The highest BCUT2D eigenvalue weighted by Crippen LogP contribution is 1.86. The Bertz CT molecular complexity index is 107. The van der Waals surface area contributed by atoms with Gasteiger partial charge < -0.3 is 26.4 Å². The monoisotopic (exact) mass is 136 g/mol. The molecule has 9 heavy (non-hydrogen) atoms. The van der Waals surface area contributed by atoms with Crippen LogP contribution in [0, 0.1) is 0 Å². The number of urea groups is 1. The SMILES string of the molecule is NC(=O)NCC(O)(O)O. The minimum absolute atomic E-state index is 0.706. The van der Waals surface area contributed by atoms with E-state index in [4.69, 9.17) is 15.3 Å². The van der Waals surface area contributed by atoms with Gasteiger partial charge in [0.15, 0.2) is 0 Å². The summed E-state index contributed by atoms with van der Waals surface area (Å²) in [5, 5.41) is 26.1. The molecule has 2 amide bonds. The van der Waals surface area contributed by atoms with Crippen molar-refractivity contribution in [3.63, 3.8) is 0 Å². The number of rotatable bonds is 2. The van der Waals surface area contributed by atoms with Gasteiger partial charge in [-0.1, -0.05) is 0 Å². The van der Waals surface area contributed by atoms with Crippen molar-refractivity contribution >= 4 is 6.03 Å². The van der Waals surface area contributed by atoms with E-state index in [0.717, 1.165) is 0 Å². The smallest absolute Gasteiger partial charge is 0.312 e. The molecule has 6 nitrogen and oxygen atoms in total. The number of carbonyl (C=O) groups excluding carboxylic acids is 1. The number of amides is 2. The fraction of sp³-hybridized carbons (Fsp3) is 0.667. The summed E-state index contributed by atoms with van der Waals surface area (Å²) in [7, 11) is 0. The van der Waals surface area contributed by atoms with Crippen molar-refractivity contribution in [2.45, 2.75) is 5.97 Å². The number of hydrogen-bond donors (Lipinski definition) is 5. The van der Waals surface area contributed by atoms with Crippen LogP contribution in [0.5, 0.6) is 0 Å². The minimum Gasteiger partial charge on any atom is -0.352 e. The van der Waals surface area contributed by atoms with Crippen LogP contribution in [0.15, 0.2) is 0 Å². The van der Waals surface area contributed by atoms with Crippen molar-refractivity contribution in [1.29, 1.82) is 0 Å². The molecular weight excluding hydrogens is 128 g/mol. The molecule has 0 radical (unpaired) electrons. The van der Waals surface area contributed by atoms with Crippen molar-refractivity contribution in [3.8, 4) is 0 Å². The zero-order chi connectivity index (χ0) is 7.49. The molecule has 0 aliphatic rings. The van der Waals surface area contributed by atoms with Gasteiger partial charge in [-0.3, -0.25) is 0 Å². The first-order valence-corrected chi connectivity index (χ1v) is 2.12.